The third-order valence-electron chi connectivity index (χ3n) is 7.09. The summed E-state index contributed by atoms with van der Waals surface area (Å²) in [5.41, 5.74) is 5.93. The Hall–Kier alpha value is -1.63. The van der Waals surface area contributed by atoms with E-state index in [1.807, 2.05) is 6.56 Å². The zero-order valence-electron chi connectivity index (χ0n) is 20.6. The van der Waals surface area contributed by atoms with Crippen LogP contribution in [0.3, 0.4) is 0 Å². The summed E-state index contributed by atoms with van der Waals surface area (Å²) in [5.74, 6) is 5.28. The molecule has 0 unspecified atom stereocenters. The average molecular weight is 647 g/mol. The Balaban J connectivity index is 0.00000152. The van der Waals surface area contributed by atoms with E-state index in [0.29, 0.717) is 0 Å². The second kappa shape index (κ2) is 11.8. The molecule has 0 amide bonds. The molecule has 4 heteroatoms. The van der Waals surface area contributed by atoms with Crippen LogP contribution in [0.1, 0.15) is 24.0 Å². The van der Waals surface area contributed by atoms with Crippen molar-refractivity contribution in [3.8, 4) is 0 Å². The van der Waals surface area contributed by atoms with Crippen LogP contribution in [0.15, 0.2) is 116 Å². The van der Waals surface area contributed by atoms with E-state index in [0.717, 1.165) is 0 Å². The van der Waals surface area contributed by atoms with Gasteiger partial charge in [0.1, 0.15) is 0 Å². The number of fused-ring (bicyclic) bond motifs is 2. The van der Waals surface area contributed by atoms with Gasteiger partial charge >= 0.3 is 213 Å². The summed E-state index contributed by atoms with van der Waals surface area (Å²) in [6.45, 7) is 0. The van der Waals surface area contributed by atoms with E-state index in [9.17, 15) is 0 Å². The molecule has 36 heavy (non-hydrogen) atoms. The molecule has 0 N–H and O–H groups in total. The Morgan fingerprint density at radius 2 is 0.972 bits per heavy atom. The van der Waals surface area contributed by atoms with Crippen molar-refractivity contribution in [2.75, 3.05) is 0 Å². The quantitative estimate of drug-likeness (QED) is 0.300. The van der Waals surface area contributed by atoms with Gasteiger partial charge in [0.25, 0.3) is 0 Å². The van der Waals surface area contributed by atoms with Crippen LogP contribution in [0.4, 0.5) is 0 Å². The topological polar surface area (TPSA) is 0 Å². The van der Waals surface area contributed by atoms with Crippen LogP contribution in [0.5, 0.6) is 0 Å². The molecule has 4 aromatic rings. The van der Waals surface area contributed by atoms with Gasteiger partial charge in [-0.3, -0.25) is 0 Å². The molecule has 0 saturated carbocycles. The summed E-state index contributed by atoms with van der Waals surface area (Å²) in [6.07, 6.45) is 12.1. The summed E-state index contributed by atoms with van der Waals surface area (Å²) in [4.78, 5) is 0. The number of hydrogen-bond donors (Lipinski definition) is 0. The molecular formula is C32H28Cl2GeZr. The standard InChI is InChI=1S/2C15H11.C2H6Ge.2ClH.Zr/c2*1-2-6-12(5-1)15-10-9-13-7-3-4-8-14(13)11-15;1-3-2;;;/h2*1,3-5,7-11H,2H2;1-2H3;2*1H;/q;;;;;+2/p-2. The van der Waals surface area contributed by atoms with E-state index < -0.39 is 28.6 Å². The van der Waals surface area contributed by atoms with E-state index in [2.05, 4.69) is 121 Å². The van der Waals surface area contributed by atoms with Crippen LogP contribution in [0.25, 0.3) is 32.7 Å². The van der Waals surface area contributed by atoms with Gasteiger partial charge in [-0.1, -0.05) is 0 Å². The molecule has 0 nitrogen and oxygen atoms in total. The Bertz CT molecular complexity index is 1500. The van der Waals surface area contributed by atoms with Crippen molar-refractivity contribution in [1.29, 1.82) is 0 Å². The summed E-state index contributed by atoms with van der Waals surface area (Å²) in [5, 5.41) is 5.35. The molecule has 4 aromatic carbocycles. The van der Waals surface area contributed by atoms with Crippen molar-refractivity contribution in [3.05, 3.63) is 127 Å². The smallest absolute Gasteiger partial charge is 1.00 e. The number of allylic oxidation sites excluding steroid dienone is 8. The molecule has 0 aromatic heterocycles. The van der Waals surface area contributed by atoms with Crippen LogP contribution in [0.2, 0.25) is 11.5 Å². The van der Waals surface area contributed by atoms with E-state index in [1.54, 1.807) is 11.1 Å². The number of rotatable bonds is 4. The molecule has 6 rings (SSSR count). The van der Waals surface area contributed by atoms with Gasteiger partial charge in [-0.15, -0.1) is 0 Å². The zero-order chi connectivity index (χ0) is 23.1. The first kappa shape index (κ1) is 27.4. The molecule has 0 radical (unpaired) electrons. The second-order valence-electron chi connectivity index (χ2n) is 9.50. The Morgan fingerprint density at radius 3 is 1.39 bits per heavy atom. The molecule has 0 aliphatic heterocycles. The van der Waals surface area contributed by atoms with E-state index in [-0.39, 0.29) is 24.8 Å². The Morgan fingerprint density at radius 1 is 0.556 bits per heavy atom. The van der Waals surface area contributed by atoms with Crippen LogP contribution in [-0.4, -0.2) is 9.98 Å². The van der Waals surface area contributed by atoms with Crippen LogP contribution < -0.4 is 24.8 Å². The number of hydrogen-bond acceptors (Lipinski definition) is 0. The first-order chi connectivity index (χ1) is 16.7. The van der Waals surface area contributed by atoms with Crippen molar-refractivity contribution in [2.24, 2.45) is 0 Å². The first-order valence-electron chi connectivity index (χ1n) is 12.1. The second-order valence-corrected chi connectivity index (χ2v) is 37.5. The first-order valence-corrected chi connectivity index (χ1v) is 26.2. The van der Waals surface area contributed by atoms with Crippen molar-refractivity contribution >= 4 is 42.7 Å². The van der Waals surface area contributed by atoms with Gasteiger partial charge in [0.05, 0.1) is 0 Å². The predicted molar refractivity (Wildman–Crippen MR) is 147 cm³/mol. The van der Waals surface area contributed by atoms with E-state index >= 15 is 0 Å². The fourth-order valence-electron chi connectivity index (χ4n) is 5.52. The third-order valence-corrected chi connectivity index (χ3v) is 34.7. The zero-order valence-corrected chi connectivity index (χ0v) is 26.6. The van der Waals surface area contributed by atoms with E-state index in [4.69, 9.17) is 0 Å². The molecule has 2 aliphatic rings. The molecule has 0 saturated heterocycles. The largest absolute Gasteiger partial charge is 1.00 e. The van der Waals surface area contributed by atoms with Crippen LogP contribution >= 0.6 is 0 Å². The minimum absolute atomic E-state index is 0. The minimum Gasteiger partial charge on any atom is -1.00 e. The summed E-state index contributed by atoms with van der Waals surface area (Å²) in [7, 11) is -1.12. The van der Waals surface area contributed by atoms with Crippen molar-refractivity contribution in [1.82, 2.24) is 0 Å². The maximum atomic E-state index is 2.64. The van der Waals surface area contributed by atoms with Gasteiger partial charge in [0, 0.05) is 0 Å². The van der Waals surface area contributed by atoms with Gasteiger partial charge in [-0.25, -0.2) is 0 Å². The van der Waals surface area contributed by atoms with Crippen molar-refractivity contribution in [3.63, 3.8) is 0 Å². The number of benzene rings is 4. The molecule has 178 valence electrons. The van der Waals surface area contributed by atoms with Crippen molar-refractivity contribution < 1.29 is 43.4 Å². The summed E-state index contributed by atoms with van der Waals surface area (Å²) < 4.78 is 3.68. The maximum absolute atomic E-state index is 2.64. The fraction of sp³-hybridized carbons (Fsp3) is 0.125. The van der Waals surface area contributed by atoms with Crippen LogP contribution in [-0.2, 0) is 18.6 Å². The fourth-order valence-corrected chi connectivity index (χ4v) is 34.3. The Kier molecular flexibility index (Phi) is 9.00. The molecule has 0 spiro atoms. The van der Waals surface area contributed by atoms with Gasteiger partial charge in [0.2, 0.25) is 0 Å². The van der Waals surface area contributed by atoms with Gasteiger partial charge < -0.3 is 24.8 Å². The summed E-state index contributed by atoms with van der Waals surface area (Å²) in [6, 6.07) is 31.6. The monoisotopic (exact) mass is 646 g/mol. The minimum atomic E-state index is -1.94. The van der Waals surface area contributed by atoms with Gasteiger partial charge in [-0.05, 0) is 0 Å². The molecule has 0 bridgehead atoms. The SMILES string of the molecule is [CH3][Ge]([CH3])=[Zr+2]([C]1=C(c2ccc3ccccc3c2)C=CC1)[C]1=C(c2ccc3ccccc3c2)C=CC1.[Cl-].[Cl-]. The molecule has 0 heterocycles. The normalized spacial score (nSPS) is 14.1. The van der Waals surface area contributed by atoms with Crippen LogP contribution in [0, 0.1) is 0 Å². The average Bonchev–Trinajstić information content (AvgIpc) is 3.54. The van der Waals surface area contributed by atoms with E-state index in [1.165, 1.54) is 45.5 Å². The Labute approximate surface area is 235 Å². The number of halogens is 2. The van der Waals surface area contributed by atoms with Crippen molar-refractivity contribution in [2.45, 2.75) is 24.4 Å². The maximum Gasteiger partial charge on any atom is -1.00 e. The molecule has 0 fully saturated rings. The molecular weight excluding hydrogens is 619 g/mol. The molecule has 2 aliphatic carbocycles. The molecule has 0 atom stereocenters. The van der Waals surface area contributed by atoms with Gasteiger partial charge in [-0.2, -0.15) is 0 Å². The van der Waals surface area contributed by atoms with Gasteiger partial charge in [0.15, 0.2) is 0 Å². The predicted octanol–water partition coefficient (Wildman–Crippen LogP) is 2.91. The third kappa shape index (κ3) is 5.19. The summed E-state index contributed by atoms with van der Waals surface area (Å²) >= 11 is -1.94.